The van der Waals surface area contributed by atoms with E-state index in [2.05, 4.69) is 4.98 Å². The minimum absolute atomic E-state index is 0.165. The van der Waals surface area contributed by atoms with Gasteiger partial charge in [0.25, 0.3) is 5.78 Å². The second-order valence-corrected chi connectivity index (χ2v) is 3.19. The van der Waals surface area contributed by atoms with Crippen molar-refractivity contribution in [2.45, 2.75) is 0 Å². The maximum absolute atomic E-state index is 11.2. The number of ketones is 1. The predicted octanol–water partition coefficient (Wildman–Crippen LogP) is 0.841. The van der Waals surface area contributed by atoms with Crippen molar-refractivity contribution in [1.29, 1.82) is 0 Å². The van der Waals surface area contributed by atoms with Gasteiger partial charge >= 0.3 is 5.97 Å². The van der Waals surface area contributed by atoms with Gasteiger partial charge in [-0.2, -0.15) is 0 Å². The Morgan fingerprint density at radius 2 is 2.13 bits per heavy atom. The lowest BCUT2D eigenvalue weighted by Crippen LogP contribution is -2.12. The van der Waals surface area contributed by atoms with Gasteiger partial charge in [0, 0.05) is 12.6 Å². The Kier molecular flexibility index (Phi) is 2.00. The molecular formula is C10H8N2O3. The van der Waals surface area contributed by atoms with Gasteiger partial charge in [-0.05, 0) is 18.2 Å². The normalized spacial score (nSPS) is 10.5. The number of carbonyl (C=O) groups is 2. The Balaban J connectivity index is 2.59. The molecule has 0 unspecified atom stereocenters. The lowest BCUT2D eigenvalue weighted by Gasteiger charge is -1.97. The molecule has 0 amide bonds. The molecule has 0 atom stereocenters. The molecule has 0 radical (unpaired) electrons. The van der Waals surface area contributed by atoms with Crippen molar-refractivity contribution in [3.8, 4) is 0 Å². The average molecular weight is 204 g/mol. The minimum atomic E-state index is -1.45. The van der Waals surface area contributed by atoms with E-state index < -0.39 is 11.8 Å². The van der Waals surface area contributed by atoms with E-state index >= 15 is 0 Å². The van der Waals surface area contributed by atoms with Crippen LogP contribution in [0.1, 0.15) is 10.4 Å². The van der Waals surface area contributed by atoms with Gasteiger partial charge in [-0.25, -0.2) is 9.78 Å². The molecule has 1 aromatic heterocycles. The Labute approximate surface area is 85.0 Å². The van der Waals surface area contributed by atoms with Crippen LogP contribution in [0, 0.1) is 0 Å². The van der Waals surface area contributed by atoms with Crippen LogP contribution in [-0.2, 0) is 11.8 Å². The van der Waals surface area contributed by atoms with Crippen LogP contribution in [0.15, 0.2) is 24.5 Å². The number of benzene rings is 1. The Bertz CT molecular complexity index is 557. The number of aryl methyl sites for hydroxylation is 1. The molecule has 1 heterocycles. The average Bonchev–Trinajstić information content (AvgIpc) is 2.59. The molecular weight excluding hydrogens is 196 g/mol. The molecule has 0 spiro atoms. The Morgan fingerprint density at radius 3 is 2.80 bits per heavy atom. The number of carboxylic acid groups (broad SMARTS) is 1. The van der Waals surface area contributed by atoms with Crippen LogP contribution in [0.5, 0.6) is 0 Å². The fraction of sp³-hybridized carbons (Fsp3) is 0.100. The summed E-state index contributed by atoms with van der Waals surface area (Å²) in [4.78, 5) is 25.7. The van der Waals surface area contributed by atoms with Crippen LogP contribution in [0.2, 0.25) is 0 Å². The van der Waals surface area contributed by atoms with Crippen LogP contribution in [0.4, 0.5) is 0 Å². The topological polar surface area (TPSA) is 72.2 Å². The van der Waals surface area contributed by atoms with Crippen LogP contribution >= 0.6 is 0 Å². The van der Waals surface area contributed by atoms with E-state index in [0.29, 0.717) is 0 Å². The Hall–Kier alpha value is -2.17. The molecule has 2 rings (SSSR count). The quantitative estimate of drug-likeness (QED) is 0.581. The summed E-state index contributed by atoms with van der Waals surface area (Å²) < 4.78 is 1.73. The zero-order valence-electron chi connectivity index (χ0n) is 7.97. The molecule has 2 aromatic rings. The summed E-state index contributed by atoms with van der Waals surface area (Å²) in [6.45, 7) is 0. The highest BCUT2D eigenvalue weighted by Crippen LogP contribution is 2.14. The van der Waals surface area contributed by atoms with E-state index in [9.17, 15) is 9.59 Å². The third-order valence-corrected chi connectivity index (χ3v) is 2.18. The van der Waals surface area contributed by atoms with Gasteiger partial charge in [-0.3, -0.25) is 4.79 Å². The first-order valence-corrected chi connectivity index (χ1v) is 4.28. The van der Waals surface area contributed by atoms with Crippen LogP contribution < -0.4 is 0 Å². The van der Waals surface area contributed by atoms with Gasteiger partial charge in [0.1, 0.15) is 0 Å². The SMILES string of the molecule is Cn1cnc2ccc(C(=O)C(=O)O)cc21. The molecule has 1 aromatic carbocycles. The van der Waals surface area contributed by atoms with Crippen molar-refractivity contribution in [3.63, 3.8) is 0 Å². The summed E-state index contributed by atoms with van der Waals surface area (Å²) in [6.07, 6.45) is 1.61. The number of rotatable bonds is 2. The molecule has 0 aliphatic carbocycles. The number of aliphatic carboxylic acids is 1. The largest absolute Gasteiger partial charge is 0.475 e. The molecule has 0 aliphatic rings. The highest BCUT2D eigenvalue weighted by Gasteiger charge is 2.15. The number of hydrogen-bond donors (Lipinski definition) is 1. The lowest BCUT2D eigenvalue weighted by atomic mass is 10.1. The number of Topliss-reactive ketones (excluding diaryl/α,β-unsaturated/α-hetero) is 1. The van der Waals surface area contributed by atoms with E-state index in [4.69, 9.17) is 5.11 Å². The van der Waals surface area contributed by atoms with Crippen LogP contribution in [-0.4, -0.2) is 26.4 Å². The summed E-state index contributed by atoms with van der Waals surface area (Å²) in [5.74, 6) is -2.35. The highest BCUT2D eigenvalue weighted by molar-refractivity contribution is 6.40. The maximum atomic E-state index is 11.2. The molecule has 76 valence electrons. The first kappa shape index (κ1) is 9.39. The molecule has 5 heteroatoms. The lowest BCUT2D eigenvalue weighted by molar-refractivity contribution is -0.131. The van der Waals surface area contributed by atoms with E-state index in [0.717, 1.165) is 11.0 Å². The van der Waals surface area contributed by atoms with Gasteiger partial charge in [-0.15, -0.1) is 0 Å². The van der Waals surface area contributed by atoms with Gasteiger partial charge < -0.3 is 9.67 Å². The second kappa shape index (κ2) is 3.20. The number of aromatic nitrogens is 2. The van der Waals surface area contributed by atoms with E-state index in [1.165, 1.54) is 12.1 Å². The van der Waals surface area contributed by atoms with Crippen molar-refractivity contribution in [2.24, 2.45) is 7.05 Å². The molecule has 0 saturated heterocycles. The third-order valence-electron chi connectivity index (χ3n) is 2.18. The molecule has 0 aliphatic heterocycles. The molecule has 0 fully saturated rings. The van der Waals surface area contributed by atoms with Crippen molar-refractivity contribution in [1.82, 2.24) is 9.55 Å². The van der Waals surface area contributed by atoms with E-state index in [1.807, 2.05) is 0 Å². The maximum Gasteiger partial charge on any atom is 0.377 e. The van der Waals surface area contributed by atoms with Gasteiger partial charge in [0.05, 0.1) is 17.4 Å². The van der Waals surface area contributed by atoms with Crippen molar-refractivity contribution in [3.05, 3.63) is 30.1 Å². The molecule has 5 nitrogen and oxygen atoms in total. The summed E-state index contributed by atoms with van der Waals surface area (Å²) in [6, 6.07) is 4.62. The fourth-order valence-corrected chi connectivity index (χ4v) is 1.39. The molecule has 1 N–H and O–H groups in total. The third kappa shape index (κ3) is 1.48. The van der Waals surface area contributed by atoms with Gasteiger partial charge in [0.2, 0.25) is 0 Å². The number of nitrogens with zero attached hydrogens (tertiary/aromatic N) is 2. The number of carboxylic acids is 1. The minimum Gasteiger partial charge on any atom is -0.475 e. The Morgan fingerprint density at radius 1 is 1.40 bits per heavy atom. The van der Waals surface area contributed by atoms with Crippen LogP contribution in [0.3, 0.4) is 0 Å². The first-order valence-electron chi connectivity index (χ1n) is 4.28. The number of fused-ring (bicyclic) bond motifs is 1. The van der Waals surface area contributed by atoms with Gasteiger partial charge in [0.15, 0.2) is 0 Å². The zero-order chi connectivity index (χ0) is 11.0. The van der Waals surface area contributed by atoms with Crippen molar-refractivity contribution in [2.75, 3.05) is 0 Å². The summed E-state index contributed by atoms with van der Waals surface area (Å²) in [5, 5.41) is 8.56. The van der Waals surface area contributed by atoms with Crippen LogP contribution in [0.25, 0.3) is 11.0 Å². The number of hydrogen-bond acceptors (Lipinski definition) is 3. The smallest absolute Gasteiger partial charge is 0.377 e. The summed E-state index contributed by atoms with van der Waals surface area (Å²) in [5.41, 5.74) is 1.64. The van der Waals surface area contributed by atoms with Gasteiger partial charge in [-0.1, -0.05) is 0 Å². The summed E-state index contributed by atoms with van der Waals surface area (Å²) in [7, 11) is 1.78. The van der Waals surface area contributed by atoms with Crippen molar-refractivity contribution >= 4 is 22.8 Å². The number of carbonyl (C=O) groups excluding carboxylic acids is 1. The monoisotopic (exact) mass is 204 g/mol. The molecule has 0 bridgehead atoms. The number of imidazole rings is 1. The first-order chi connectivity index (χ1) is 7.09. The van der Waals surface area contributed by atoms with E-state index in [-0.39, 0.29) is 5.56 Å². The van der Waals surface area contributed by atoms with E-state index in [1.54, 1.807) is 24.0 Å². The fourth-order valence-electron chi connectivity index (χ4n) is 1.39. The van der Waals surface area contributed by atoms with Crippen molar-refractivity contribution < 1.29 is 14.7 Å². The zero-order valence-corrected chi connectivity index (χ0v) is 7.97. The summed E-state index contributed by atoms with van der Waals surface area (Å²) >= 11 is 0. The molecule has 0 saturated carbocycles. The standard InChI is InChI=1S/C10H8N2O3/c1-12-5-11-7-3-2-6(4-8(7)12)9(13)10(14)15/h2-5H,1H3,(H,14,15). The predicted molar refractivity (Wildman–Crippen MR) is 52.7 cm³/mol. The highest BCUT2D eigenvalue weighted by atomic mass is 16.4. The second-order valence-electron chi connectivity index (χ2n) is 3.19. The molecule has 15 heavy (non-hydrogen) atoms.